The average Bonchev–Trinajstić information content (AvgIpc) is 3.26. The summed E-state index contributed by atoms with van der Waals surface area (Å²) in [7, 11) is 0. The zero-order valence-corrected chi connectivity index (χ0v) is 18.8. The molecule has 168 valence electrons. The molecular formula is C26H27N5O2. The largest absolute Gasteiger partial charge is 0.338 e. The number of nitrogens with zero attached hydrogens (tertiary/aromatic N) is 3. The van der Waals surface area contributed by atoms with Crippen LogP contribution < -0.4 is 10.6 Å². The number of nitrogens with one attached hydrogen (secondary N) is 2. The SMILES string of the molecule is CC(C)[C@@H]1CCN(C(=O)c2ccc(Nc3ncc4c(n3)-c3ccccc3NC(=O)C4)cc2)C1. The first-order chi connectivity index (χ1) is 16.0. The van der Waals surface area contributed by atoms with Crippen molar-refractivity contribution in [1.29, 1.82) is 0 Å². The molecule has 0 saturated carbocycles. The van der Waals surface area contributed by atoms with Gasteiger partial charge in [0.25, 0.3) is 5.91 Å². The molecule has 7 heteroatoms. The van der Waals surface area contributed by atoms with E-state index in [1.54, 1.807) is 6.20 Å². The van der Waals surface area contributed by atoms with Gasteiger partial charge in [0, 0.05) is 41.7 Å². The summed E-state index contributed by atoms with van der Waals surface area (Å²) in [5.74, 6) is 1.62. The second-order valence-corrected chi connectivity index (χ2v) is 9.08. The molecule has 3 heterocycles. The van der Waals surface area contributed by atoms with Gasteiger partial charge in [-0.2, -0.15) is 0 Å². The number of rotatable bonds is 4. The number of hydrogen-bond acceptors (Lipinski definition) is 5. The van der Waals surface area contributed by atoms with Crippen molar-refractivity contribution in [2.24, 2.45) is 11.8 Å². The maximum atomic E-state index is 12.9. The molecule has 5 rings (SSSR count). The monoisotopic (exact) mass is 441 g/mol. The first-order valence-electron chi connectivity index (χ1n) is 11.4. The van der Waals surface area contributed by atoms with Crippen LogP contribution in [0, 0.1) is 11.8 Å². The van der Waals surface area contributed by atoms with Gasteiger partial charge in [-0.25, -0.2) is 9.97 Å². The van der Waals surface area contributed by atoms with Crippen LogP contribution >= 0.6 is 0 Å². The van der Waals surface area contributed by atoms with Crippen LogP contribution in [0.1, 0.15) is 36.2 Å². The lowest BCUT2D eigenvalue weighted by molar-refractivity contribution is -0.115. The number of likely N-dealkylation sites (tertiary alicyclic amines) is 1. The number of fused-ring (bicyclic) bond motifs is 3. The van der Waals surface area contributed by atoms with Gasteiger partial charge in [-0.3, -0.25) is 9.59 Å². The van der Waals surface area contributed by atoms with E-state index in [1.165, 1.54) is 0 Å². The molecule has 2 aliphatic heterocycles. The minimum atomic E-state index is -0.0801. The zero-order valence-electron chi connectivity index (χ0n) is 18.8. The van der Waals surface area contributed by atoms with Gasteiger partial charge >= 0.3 is 0 Å². The van der Waals surface area contributed by atoms with Crippen molar-refractivity contribution in [3.63, 3.8) is 0 Å². The number of anilines is 3. The van der Waals surface area contributed by atoms with Crippen molar-refractivity contribution in [2.45, 2.75) is 26.7 Å². The Morgan fingerprint density at radius 1 is 1.15 bits per heavy atom. The van der Waals surface area contributed by atoms with E-state index in [-0.39, 0.29) is 18.2 Å². The molecular weight excluding hydrogens is 414 g/mol. The molecule has 0 spiro atoms. The van der Waals surface area contributed by atoms with Crippen molar-refractivity contribution in [3.8, 4) is 11.3 Å². The number of carbonyl (C=O) groups is 2. The predicted molar refractivity (Wildman–Crippen MR) is 128 cm³/mol. The van der Waals surface area contributed by atoms with Crippen molar-refractivity contribution < 1.29 is 9.59 Å². The van der Waals surface area contributed by atoms with Crippen LogP contribution in [0.3, 0.4) is 0 Å². The van der Waals surface area contributed by atoms with Gasteiger partial charge in [0.2, 0.25) is 11.9 Å². The maximum absolute atomic E-state index is 12.9. The van der Waals surface area contributed by atoms with Crippen LogP contribution in [0.4, 0.5) is 17.3 Å². The molecule has 3 aromatic rings. The smallest absolute Gasteiger partial charge is 0.253 e. The molecule has 2 aromatic carbocycles. The summed E-state index contributed by atoms with van der Waals surface area (Å²) in [6, 6.07) is 15.1. The summed E-state index contributed by atoms with van der Waals surface area (Å²) in [6.07, 6.45) is 3.00. The van der Waals surface area contributed by atoms with E-state index in [9.17, 15) is 9.59 Å². The minimum absolute atomic E-state index is 0.0801. The third-order valence-electron chi connectivity index (χ3n) is 6.51. The normalized spacial score (nSPS) is 17.2. The molecule has 1 atom stereocenters. The van der Waals surface area contributed by atoms with Crippen molar-refractivity contribution in [3.05, 3.63) is 65.9 Å². The Morgan fingerprint density at radius 3 is 2.70 bits per heavy atom. The predicted octanol–water partition coefficient (Wildman–Crippen LogP) is 4.50. The Bertz CT molecular complexity index is 1210. The van der Waals surface area contributed by atoms with Crippen molar-refractivity contribution in [1.82, 2.24) is 14.9 Å². The fourth-order valence-electron chi connectivity index (χ4n) is 4.52. The Hall–Kier alpha value is -3.74. The van der Waals surface area contributed by atoms with Gasteiger partial charge in [0.1, 0.15) is 0 Å². The molecule has 2 amide bonds. The van der Waals surface area contributed by atoms with Gasteiger partial charge in [0.15, 0.2) is 0 Å². The summed E-state index contributed by atoms with van der Waals surface area (Å²) < 4.78 is 0. The van der Waals surface area contributed by atoms with Crippen LogP contribution in [-0.4, -0.2) is 39.8 Å². The highest BCUT2D eigenvalue weighted by atomic mass is 16.2. The molecule has 0 radical (unpaired) electrons. The topological polar surface area (TPSA) is 87.2 Å². The van der Waals surface area contributed by atoms with Crippen molar-refractivity contribution in [2.75, 3.05) is 23.7 Å². The summed E-state index contributed by atoms with van der Waals surface area (Å²) in [5.41, 5.74) is 4.62. The number of aromatic nitrogens is 2. The summed E-state index contributed by atoms with van der Waals surface area (Å²) >= 11 is 0. The molecule has 2 aliphatic rings. The molecule has 33 heavy (non-hydrogen) atoms. The van der Waals surface area contributed by atoms with E-state index >= 15 is 0 Å². The number of amides is 2. The van der Waals surface area contributed by atoms with E-state index in [0.717, 1.165) is 47.7 Å². The Balaban J connectivity index is 1.34. The van der Waals surface area contributed by atoms with E-state index in [4.69, 9.17) is 4.98 Å². The first-order valence-corrected chi connectivity index (χ1v) is 11.4. The summed E-state index contributed by atoms with van der Waals surface area (Å²) in [6.45, 7) is 6.09. The minimum Gasteiger partial charge on any atom is -0.338 e. The molecule has 1 saturated heterocycles. The summed E-state index contributed by atoms with van der Waals surface area (Å²) in [4.78, 5) is 36.1. The molecule has 0 aliphatic carbocycles. The van der Waals surface area contributed by atoms with Gasteiger partial charge in [-0.15, -0.1) is 0 Å². The molecule has 1 aromatic heterocycles. The van der Waals surface area contributed by atoms with Gasteiger partial charge in [-0.05, 0) is 48.6 Å². The van der Waals surface area contributed by atoms with E-state index in [0.29, 0.717) is 23.3 Å². The molecule has 1 fully saturated rings. The first kappa shape index (κ1) is 21.1. The highest BCUT2D eigenvalue weighted by Crippen LogP contribution is 2.33. The van der Waals surface area contributed by atoms with Gasteiger partial charge in [0.05, 0.1) is 17.8 Å². The lowest BCUT2D eigenvalue weighted by Crippen LogP contribution is -2.29. The fraction of sp³-hybridized carbons (Fsp3) is 0.308. The van der Waals surface area contributed by atoms with E-state index in [2.05, 4.69) is 29.5 Å². The molecule has 2 N–H and O–H groups in total. The van der Waals surface area contributed by atoms with Crippen LogP contribution in [0.15, 0.2) is 54.7 Å². The molecule has 0 bridgehead atoms. The third-order valence-corrected chi connectivity index (χ3v) is 6.51. The Labute approximate surface area is 193 Å². The summed E-state index contributed by atoms with van der Waals surface area (Å²) in [5, 5.41) is 6.15. The maximum Gasteiger partial charge on any atom is 0.253 e. The highest BCUT2D eigenvalue weighted by molar-refractivity contribution is 6.00. The van der Waals surface area contributed by atoms with Crippen LogP contribution in [0.25, 0.3) is 11.3 Å². The average molecular weight is 442 g/mol. The van der Waals surface area contributed by atoms with Crippen LogP contribution in [0.5, 0.6) is 0 Å². The van der Waals surface area contributed by atoms with Crippen molar-refractivity contribution >= 4 is 29.1 Å². The van der Waals surface area contributed by atoms with Gasteiger partial charge < -0.3 is 15.5 Å². The standard InChI is InChI=1S/C26H27N5O2/c1-16(2)18-11-12-31(15-18)25(33)17-7-9-20(10-8-17)28-26-27-14-19-13-23(32)29-22-6-4-3-5-21(22)24(19)30-26/h3-10,14,16,18H,11-13,15H2,1-2H3,(H,29,32)(H,27,28,30)/t18-/m1/s1. The Morgan fingerprint density at radius 2 is 1.94 bits per heavy atom. The van der Waals surface area contributed by atoms with Crippen LogP contribution in [0.2, 0.25) is 0 Å². The molecule has 0 unspecified atom stereocenters. The lowest BCUT2D eigenvalue weighted by atomic mass is 9.95. The number of benzene rings is 2. The zero-order chi connectivity index (χ0) is 22.9. The number of para-hydroxylation sites is 1. The third kappa shape index (κ3) is 4.31. The van der Waals surface area contributed by atoms with Gasteiger partial charge in [-0.1, -0.05) is 32.0 Å². The molecule has 7 nitrogen and oxygen atoms in total. The second-order valence-electron chi connectivity index (χ2n) is 9.08. The Kier molecular flexibility index (Phi) is 5.54. The fourth-order valence-corrected chi connectivity index (χ4v) is 4.52. The lowest BCUT2D eigenvalue weighted by Gasteiger charge is -2.18. The number of hydrogen-bond donors (Lipinski definition) is 2. The quantitative estimate of drug-likeness (QED) is 0.623. The van der Waals surface area contributed by atoms with Crippen LogP contribution in [-0.2, 0) is 11.2 Å². The van der Waals surface area contributed by atoms with E-state index < -0.39 is 0 Å². The number of carbonyl (C=O) groups excluding carboxylic acids is 2. The van der Waals surface area contributed by atoms with E-state index in [1.807, 2.05) is 53.4 Å². The second kappa shape index (κ2) is 8.65. The highest BCUT2D eigenvalue weighted by Gasteiger charge is 2.28.